The highest BCUT2D eigenvalue weighted by Gasteiger charge is 2.61. The quantitative estimate of drug-likeness (QED) is 0.593. The number of carboxylic acid groups (broad SMARTS) is 1. The Morgan fingerprint density at radius 3 is 2.45 bits per heavy atom. The van der Waals surface area contributed by atoms with E-state index in [1.807, 2.05) is 0 Å². The SMILES string of the molecule is COC1(O)CCC2(C)C(CCC3C2CCC2(C)C(C(C)CCC(=O)O)CCC32)C1. The molecule has 9 unspecified atom stereocenters. The van der Waals surface area contributed by atoms with Crippen molar-refractivity contribution in [1.29, 1.82) is 0 Å². The van der Waals surface area contributed by atoms with E-state index >= 15 is 0 Å². The first-order chi connectivity index (χ1) is 13.6. The number of ether oxygens (including phenoxy) is 1. The van der Waals surface area contributed by atoms with E-state index in [1.54, 1.807) is 7.11 Å². The van der Waals surface area contributed by atoms with Crippen LogP contribution in [0.4, 0.5) is 0 Å². The third-order valence-corrected chi connectivity index (χ3v) is 10.6. The first-order valence-electron chi connectivity index (χ1n) is 12.1. The molecule has 0 spiro atoms. The van der Waals surface area contributed by atoms with Crippen LogP contribution < -0.4 is 0 Å². The maximum Gasteiger partial charge on any atom is 0.303 e. The Balaban J connectivity index is 1.50. The van der Waals surface area contributed by atoms with Gasteiger partial charge in [0.1, 0.15) is 0 Å². The molecule has 0 bridgehead atoms. The average molecular weight is 407 g/mol. The van der Waals surface area contributed by atoms with Gasteiger partial charge in [0.2, 0.25) is 0 Å². The minimum Gasteiger partial charge on any atom is -0.481 e. The Kier molecular flexibility index (Phi) is 5.60. The first kappa shape index (κ1) is 21.6. The van der Waals surface area contributed by atoms with E-state index in [0.29, 0.717) is 35.0 Å². The van der Waals surface area contributed by atoms with Crippen molar-refractivity contribution in [3.63, 3.8) is 0 Å². The monoisotopic (exact) mass is 406 g/mol. The average Bonchev–Trinajstić information content (AvgIpc) is 3.04. The van der Waals surface area contributed by atoms with Gasteiger partial charge in [-0.25, -0.2) is 0 Å². The summed E-state index contributed by atoms with van der Waals surface area (Å²) < 4.78 is 5.49. The van der Waals surface area contributed by atoms with Crippen molar-refractivity contribution in [3.8, 4) is 0 Å². The van der Waals surface area contributed by atoms with Gasteiger partial charge >= 0.3 is 5.97 Å². The fourth-order valence-electron chi connectivity index (χ4n) is 8.92. The second kappa shape index (κ2) is 7.51. The van der Waals surface area contributed by atoms with Crippen molar-refractivity contribution in [2.75, 3.05) is 7.11 Å². The first-order valence-corrected chi connectivity index (χ1v) is 12.1. The zero-order chi connectivity index (χ0) is 21.0. The highest BCUT2D eigenvalue weighted by atomic mass is 16.6. The lowest BCUT2D eigenvalue weighted by molar-refractivity contribution is -0.247. The van der Waals surface area contributed by atoms with Crippen LogP contribution in [0.5, 0.6) is 0 Å². The summed E-state index contributed by atoms with van der Waals surface area (Å²) in [6.45, 7) is 7.37. The van der Waals surface area contributed by atoms with Crippen LogP contribution in [0.2, 0.25) is 0 Å². The van der Waals surface area contributed by atoms with E-state index in [4.69, 9.17) is 9.84 Å². The van der Waals surface area contributed by atoms with Crippen LogP contribution in [-0.4, -0.2) is 29.1 Å². The smallest absolute Gasteiger partial charge is 0.303 e. The molecule has 4 rings (SSSR count). The molecule has 4 aliphatic rings. The van der Waals surface area contributed by atoms with E-state index < -0.39 is 11.8 Å². The summed E-state index contributed by atoms with van der Waals surface area (Å²) in [5.41, 5.74) is 0.742. The molecule has 0 aromatic rings. The van der Waals surface area contributed by atoms with Crippen LogP contribution >= 0.6 is 0 Å². The molecule has 9 atom stereocenters. The molecule has 4 fully saturated rings. The summed E-state index contributed by atoms with van der Waals surface area (Å²) in [7, 11) is 1.66. The summed E-state index contributed by atoms with van der Waals surface area (Å²) in [6.07, 6.45) is 11.6. The Bertz CT molecular complexity index is 634. The second-order valence-corrected chi connectivity index (χ2v) is 11.6. The van der Waals surface area contributed by atoms with Gasteiger partial charge in [0.05, 0.1) is 0 Å². The van der Waals surface area contributed by atoms with Gasteiger partial charge in [0.25, 0.3) is 0 Å². The number of carbonyl (C=O) groups is 1. The third-order valence-electron chi connectivity index (χ3n) is 10.6. The van der Waals surface area contributed by atoms with Crippen molar-refractivity contribution in [2.24, 2.45) is 46.3 Å². The number of hydrogen-bond donors (Lipinski definition) is 2. The Morgan fingerprint density at radius 2 is 1.76 bits per heavy atom. The highest BCUT2D eigenvalue weighted by Crippen LogP contribution is 2.68. The fourth-order valence-corrected chi connectivity index (χ4v) is 8.92. The van der Waals surface area contributed by atoms with Crippen molar-refractivity contribution in [3.05, 3.63) is 0 Å². The summed E-state index contributed by atoms with van der Waals surface area (Å²) in [6, 6.07) is 0. The minimum atomic E-state index is -0.905. The Labute approximate surface area is 176 Å². The molecule has 166 valence electrons. The van der Waals surface area contributed by atoms with Crippen LogP contribution in [0, 0.1) is 46.3 Å². The maximum absolute atomic E-state index is 11.1. The fraction of sp³-hybridized carbons (Fsp3) is 0.960. The predicted octanol–water partition coefficient (Wildman–Crippen LogP) is 5.48. The van der Waals surface area contributed by atoms with Crippen LogP contribution in [-0.2, 0) is 9.53 Å². The van der Waals surface area contributed by atoms with Crippen molar-refractivity contribution in [2.45, 2.75) is 97.2 Å². The molecule has 4 aliphatic carbocycles. The van der Waals surface area contributed by atoms with Gasteiger partial charge in [-0.1, -0.05) is 20.8 Å². The zero-order valence-corrected chi connectivity index (χ0v) is 19.0. The highest BCUT2D eigenvalue weighted by molar-refractivity contribution is 5.66. The van der Waals surface area contributed by atoms with Crippen LogP contribution in [0.15, 0.2) is 0 Å². The Morgan fingerprint density at radius 1 is 1.03 bits per heavy atom. The number of hydrogen-bond acceptors (Lipinski definition) is 3. The second-order valence-electron chi connectivity index (χ2n) is 11.6. The topological polar surface area (TPSA) is 66.8 Å². The largest absolute Gasteiger partial charge is 0.481 e. The van der Waals surface area contributed by atoms with Crippen molar-refractivity contribution >= 4 is 5.97 Å². The van der Waals surface area contributed by atoms with Gasteiger partial charge in [-0.3, -0.25) is 4.79 Å². The summed E-state index contributed by atoms with van der Waals surface area (Å²) in [4.78, 5) is 11.1. The normalized spacial score (nSPS) is 50.3. The standard InChI is InChI=1S/C25H42O4/c1-16(5-10-22(26)27)19-8-9-20-18-7-6-17-15-25(28,29-4)14-13-23(17,2)21(18)11-12-24(19,20)3/h16-21,28H,5-15H2,1-4H3,(H,26,27). The van der Waals surface area contributed by atoms with E-state index in [0.717, 1.165) is 43.4 Å². The van der Waals surface area contributed by atoms with Gasteiger partial charge in [0, 0.05) is 26.4 Å². The summed E-state index contributed by atoms with van der Waals surface area (Å²) >= 11 is 0. The molecule has 4 nitrogen and oxygen atoms in total. The van der Waals surface area contributed by atoms with E-state index in [-0.39, 0.29) is 0 Å². The van der Waals surface area contributed by atoms with Gasteiger partial charge in [-0.15, -0.1) is 0 Å². The summed E-state index contributed by atoms with van der Waals surface area (Å²) in [5, 5.41) is 19.9. The molecule has 2 N–H and O–H groups in total. The molecule has 0 amide bonds. The zero-order valence-electron chi connectivity index (χ0n) is 19.0. The Hall–Kier alpha value is -0.610. The molecular weight excluding hydrogens is 364 g/mol. The van der Waals surface area contributed by atoms with Gasteiger partial charge < -0.3 is 14.9 Å². The molecule has 29 heavy (non-hydrogen) atoms. The lowest BCUT2D eigenvalue weighted by Crippen LogP contribution is -2.56. The van der Waals surface area contributed by atoms with Crippen molar-refractivity contribution in [1.82, 2.24) is 0 Å². The molecular formula is C25H42O4. The van der Waals surface area contributed by atoms with Gasteiger partial charge in [0.15, 0.2) is 5.79 Å². The molecule has 0 aliphatic heterocycles. The number of carboxylic acids is 1. The minimum absolute atomic E-state index is 0.312. The lowest BCUT2D eigenvalue weighted by atomic mass is 9.44. The van der Waals surface area contributed by atoms with E-state index in [1.165, 1.54) is 38.5 Å². The predicted molar refractivity (Wildman–Crippen MR) is 113 cm³/mol. The van der Waals surface area contributed by atoms with Gasteiger partial charge in [-0.05, 0) is 97.7 Å². The number of methoxy groups -OCH3 is 1. The van der Waals surface area contributed by atoms with E-state index in [2.05, 4.69) is 20.8 Å². The molecule has 0 radical (unpaired) electrons. The molecule has 0 saturated heterocycles. The molecule has 0 aromatic carbocycles. The maximum atomic E-state index is 11.1. The van der Waals surface area contributed by atoms with Gasteiger partial charge in [-0.2, -0.15) is 0 Å². The van der Waals surface area contributed by atoms with Crippen LogP contribution in [0.3, 0.4) is 0 Å². The number of fused-ring (bicyclic) bond motifs is 5. The molecule has 0 heterocycles. The van der Waals surface area contributed by atoms with Crippen LogP contribution in [0.1, 0.15) is 91.4 Å². The van der Waals surface area contributed by atoms with Crippen LogP contribution in [0.25, 0.3) is 0 Å². The molecule has 4 saturated carbocycles. The molecule has 4 heteroatoms. The number of rotatable bonds is 5. The number of aliphatic hydroxyl groups is 1. The van der Waals surface area contributed by atoms with Crippen molar-refractivity contribution < 1.29 is 19.7 Å². The number of aliphatic carboxylic acids is 1. The third kappa shape index (κ3) is 3.46. The summed E-state index contributed by atoms with van der Waals surface area (Å²) in [5.74, 6) is 2.63. The van der Waals surface area contributed by atoms with E-state index in [9.17, 15) is 9.90 Å². The molecule has 0 aromatic heterocycles. The lowest BCUT2D eigenvalue weighted by Gasteiger charge is -2.62.